The number of aromatic nitrogens is 4. The Bertz CT molecular complexity index is 919. The number of ether oxygens (including phenoxy) is 1. The summed E-state index contributed by atoms with van der Waals surface area (Å²) in [5, 5.41) is 11.2. The van der Waals surface area contributed by atoms with Crippen molar-refractivity contribution in [3.8, 4) is 11.4 Å². The summed E-state index contributed by atoms with van der Waals surface area (Å²) in [7, 11) is 0. The molecule has 5 rings (SSSR count). The fraction of sp³-hybridized carbons (Fsp3) is 0.692. The van der Waals surface area contributed by atoms with Crippen molar-refractivity contribution in [3.05, 3.63) is 30.6 Å². The van der Waals surface area contributed by atoms with E-state index in [1.165, 1.54) is 32.1 Å². The summed E-state index contributed by atoms with van der Waals surface area (Å²) >= 11 is 0. The van der Waals surface area contributed by atoms with Crippen molar-refractivity contribution in [2.75, 3.05) is 19.7 Å². The van der Waals surface area contributed by atoms with Crippen molar-refractivity contribution in [1.29, 1.82) is 0 Å². The quantitative estimate of drug-likeness (QED) is 0.531. The molecule has 3 aliphatic rings. The topological polar surface area (TPSA) is 73.1 Å². The van der Waals surface area contributed by atoms with Crippen molar-refractivity contribution in [1.82, 2.24) is 25.1 Å². The van der Waals surface area contributed by atoms with Gasteiger partial charge in [-0.1, -0.05) is 13.8 Å². The third kappa shape index (κ3) is 5.22. The van der Waals surface area contributed by atoms with Crippen molar-refractivity contribution < 1.29 is 9.53 Å². The molecule has 2 heterocycles. The summed E-state index contributed by atoms with van der Waals surface area (Å²) in [6.45, 7) is 7.26. The number of benzene rings is 1. The Kier molecular flexibility index (Phi) is 6.39. The first kappa shape index (κ1) is 22.4. The Hall–Kier alpha value is -2.44. The number of amides is 1. The van der Waals surface area contributed by atoms with Gasteiger partial charge in [0, 0.05) is 19.5 Å². The normalized spacial score (nSPS) is 25.0. The molecule has 33 heavy (non-hydrogen) atoms. The van der Waals surface area contributed by atoms with Crippen LogP contribution in [0.2, 0.25) is 0 Å². The minimum Gasteiger partial charge on any atom is -0.494 e. The molecule has 0 N–H and O–H groups in total. The van der Waals surface area contributed by atoms with Gasteiger partial charge < -0.3 is 9.64 Å². The standard InChI is InChI=1S/C26H37N5O2/c1-3-26(2,21-4-5-21)17-25(32)30-13-10-19(11-14-30)24-16-20(24)12-15-33-23-8-6-22(7-9-23)31-18-27-28-29-31/h6-9,18-21,24H,3-5,10-17H2,1-2H3/t20-,24-,26?/m1/s1. The number of hydrogen-bond acceptors (Lipinski definition) is 5. The minimum atomic E-state index is 0.226. The SMILES string of the molecule is CCC(C)(CC(=O)N1CCC([C@H]2C[C@H]2CCOc2ccc(-n3cnnn3)cc2)CC1)C1CC1. The van der Waals surface area contributed by atoms with Crippen LogP contribution < -0.4 is 4.74 Å². The monoisotopic (exact) mass is 451 g/mol. The molecule has 0 spiro atoms. The van der Waals surface area contributed by atoms with E-state index in [2.05, 4.69) is 34.3 Å². The third-order valence-corrected chi connectivity index (χ3v) is 8.61. The van der Waals surface area contributed by atoms with E-state index in [0.717, 1.165) is 74.1 Å². The molecule has 7 heteroatoms. The highest BCUT2D eigenvalue weighted by Crippen LogP contribution is 2.51. The van der Waals surface area contributed by atoms with Crippen molar-refractivity contribution in [2.45, 2.75) is 65.2 Å². The average Bonchev–Trinajstić information content (AvgIpc) is 3.77. The number of hydrogen-bond donors (Lipinski definition) is 0. The van der Waals surface area contributed by atoms with Crippen molar-refractivity contribution in [3.63, 3.8) is 0 Å². The van der Waals surface area contributed by atoms with Gasteiger partial charge in [-0.3, -0.25) is 4.79 Å². The Labute approximate surface area is 196 Å². The fourth-order valence-corrected chi connectivity index (χ4v) is 5.86. The van der Waals surface area contributed by atoms with Gasteiger partial charge in [0.1, 0.15) is 12.1 Å². The van der Waals surface area contributed by atoms with E-state index in [-0.39, 0.29) is 5.41 Å². The Morgan fingerprint density at radius 1 is 1.15 bits per heavy atom. The van der Waals surface area contributed by atoms with E-state index in [4.69, 9.17) is 4.74 Å². The predicted molar refractivity (Wildman–Crippen MR) is 126 cm³/mol. The zero-order valence-electron chi connectivity index (χ0n) is 20.0. The van der Waals surface area contributed by atoms with E-state index < -0.39 is 0 Å². The molecule has 0 bridgehead atoms. The highest BCUT2D eigenvalue weighted by Gasteiger charge is 2.45. The smallest absolute Gasteiger partial charge is 0.223 e. The lowest BCUT2D eigenvalue weighted by atomic mass is 9.78. The fourth-order valence-electron chi connectivity index (χ4n) is 5.86. The summed E-state index contributed by atoms with van der Waals surface area (Å²) < 4.78 is 7.61. The zero-order chi connectivity index (χ0) is 22.8. The molecular formula is C26H37N5O2. The lowest BCUT2D eigenvalue weighted by Crippen LogP contribution is -2.41. The molecule has 3 fully saturated rings. The van der Waals surface area contributed by atoms with Gasteiger partial charge in [-0.2, -0.15) is 0 Å². The van der Waals surface area contributed by atoms with Crippen molar-refractivity contribution in [2.24, 2.45) is 29.1 Å². The van der Waals surface area contributed by atoms with Crippen LogP contribution in [0.25, 0.3) is 5.69 Å². The second-order valence-electron chi connectivity index (χ2n) is 10.7. The molecule has 1 aromatic heterocycles. The number of piperidine rings is 1. The second-order valence-corrected chi connectivity index (χ2v) is 10.7. The van der Waals surface area contributed by atoms with Crippen LogP contribution in [0.1, 0.15) is 65.2 Å². The van der Waals surface area contributed by atoms with Crippen LogP contribution in [0.3, 0.4) is 0 Å². The molecule has 2 saturated carbocycles. The van der Waals surface area contributed by atoms with E-state index in [9.17, 15) is 4.79 Å². The number of rotatable bonds is 10. The van der Waals surface area contributed by atoms with Gasteiger partial charge in [-0.15, -0.1) is 5.10 Å². The molecule has 0 radical (unpaired) electrons. The van der Waals surface area contributed by atoms with Crippen LogP contribution in [-0.4, -0.2) is 50.7 Å². The number of carbonyl (C=O) groups is 1. The first-order valence-corrected chi connectivity index (χ1v) is 12.8. The van der Waals surface area contributed by atoms with E-state index in [1.54, 1.807) is 11.0 Å². The summed E-state index contributed by atoms with van der Waals surface area (Å²) in [6, 6.07) is 7.88. The first-order chi connectivity index (χ1) is 16.1. The van der Waals surface area contributed by atoms with Crippen LogP contribution in [0.5, 0.6) is 5.75 Å². The number of tetrazole rings is 1. The van der Waals surface area contributed by atoms with Gasteiger partial charge in [0.05, 0.1) is 12.3 Å². The highest BCUT2D eigenvalue weighted by atomic mass is 16.5. The van der Waals surface area contributed by atoms with Gasteiger partial charge in [-0.25, -0.2) is 4.68 Å². The van der Waals surface area contributed by atoms with Crippen molar-refractivity contribution >= 4 is 5.91 Å². The van der Waals surface area contributed by atoms with Crippen LogP contribution in [-0.2, 0) is 4.79 Å². The number of nitrogens with zero attached hydrogens (tertiary/aromatic N) is 5. The molecule has 1 aromatic carbocycles. The molecule has 1 unspecified atom stereocenters. The van der Waals surface area contributed by atoms with Crippen LogP contribution in [0.4, 0.5) is 0 Å². The Morgan fingerprint density at radius 3 is 2.55 bits per heavy atom. The Morgan fingerprint density at radius 2 is 1.91 bits per heavy atom. The maximum Gasteiger partial charge on any atom is 0.223 e. The lowest BCUT2D eigenvalue weighted by Gasteiger charge is -2.36. The summed E-state index contributed by atoms with van der Waals surface area (Å²) in [5.74, 6) is 4.48. The van der Waals surface area contributed by atoms with E-state index in [1.807, 2.05) is 24.3 Å². The molecular weight excluding hydrogens is 414 g/mol. The highest BCUT2D eigenvalue weighted by molar-refractivity contribution is 5.77. The summed E-state index contributed by atoms with van der Waals surface area (Å²) in [4.78, 5) is 15.1. The number of likely N-dealkylation sites (tertiary alicyclic amines) is 1. The second kappa shape index (κ2) is 9.43. The number of carbonyl (C=O) groups excluding carboxylic acids is 1. The maximum atomic E-state index is 12.9. The van der Waals surface area contributed by atoms with E-state index in [0.29, 0.717) is 5.91 Å². The molecule has 1 saturated heterocycles. The van der Waals surface area contributed by atoms with Crippen LogP contribution >= 0.6 is 0 Å². The Balaban J connectivity index is 1.00. The van der Waals surface area contributed by atoms with E-state index >= 15 is 0 Å². The summed E-state index contributed by atoms with van der Waals surface area (Å²) in [5.41, 5.74) is 1.15. The molecule has 1 amide bonds. The van der Waals surface area contributed by atoms with Gasteiger partial charge >= 0.3 is 0 Å². The lowest BCUT2D eigenvalue weighted by molar-refractivity contribution is -0.135. The average molecular weight is 452 g/mol. The molecule has 1 aliphatic heterocycles. The predicted octanol–water partition coefficient (Wildman–Crippen LogP) is 4.52. The zero-order valence-corrected chi connectivity index (χ0v) is 20.0. The molecule has 178 valence electrons. The van der Waals surface area contributed by atoms with Gasteiger partial charge in [0.15, 0.2) is 0 Å². The minimum absolute atomic E-state index is 0.226. The first-order valence-electron chi connectivity index (χ1n) is 12.8. The van der Waals surface area contributed by atoms with Crippen LogP contribution in [0, 0.1) is 29.1 Å². The largest absolute Gasteiger partial charge is 0.494 e. The van der Waals surface area contributed by atoms with Crippen LogP contribution in [0.15, 0.2) is 30.6 Å². The summed E-state index contributed by atoms with van der Waals surface area (Å²) in [6.07, 6.45) is 10.9. The molecule has 2 aliphatic carbocycles. The van der Waals surface area contributed by atoms with Gasteiger partial charge in [0.25, 0.3) is 0 Å². The molecule has 2 aromatic rings. The van der Waals surface area contributed by atoms with Gasteiger partial charge in [0.2, 0.25) is 5.91 Å². The molecule has 7 nitrogen and oxygen atoms in total. The maximum absolute atomic E-state index is 12.9. The molecule has 3 atom stereocenters. The van der Waals surface area contributed by atoms with Gasteiger partial charge in [-0.05, 0) is 109 Å². The third-order valence-electron chi connectivity index (χ3n) is 8.61.